The van der Waals surface area contributed by atoms with Crippen LogP contribution in [0, 0.1) is 5.92 Å². The predicted molar refractivity (Wildman–Crippen MR) is 81.0 cm³/mol. The molecule has 1 nitrogen and oxygen atoms in total. The maximum absolute atomic E-state index is 5.50. The van der Waals surface area contributed by atoms with Gasteiger partial charge in [0.05, 0.1) is 7.11 Å². The number of hydrogen-bond donors (Lipinski definition) is 0. The second kappa shape index (κ2) is 5.24. The van der Waals surface area contributed by atoms with E-state index in [4.69, 9.17) is 4.74 Å². The average molecular weight is 311 g/mol. The molecule has 1 atom stereocenters. The van der Waals surface area contributed by atoms with Crippen LogP contribution in [0.2, 0.25) is 0 Å². The molecule has 2 heteroatoms. The molecule has 0 saturated heterocycles. The minimum absolute atomic E-state index is 0.127. The summed E-state index contributed by atoms with van der Waals surface area (Å²) < 4.78 is 5.50. The third-order valence-corrected chi connectivity index (χ3v) is 4.51. The Hall–Kier alpha value is -0.500. The van der Waals surface area contributed by atoms with Crippen molar-refractivity contribution in [3.05, 3.63) is 29.3 Å². The SMILES string of the molecule is COc1ccc(C(CBr)C2CC2)cc1C(C)(C)C. The van der Waals surface area contributed by atoms with Crippen LogP contribution in [0.25, 0.3) is 0 Å². The average Bonchev–Trinajstić information content (AvgIpc) is 3.13. The molecule has 0 spiro atoms. The van der Waals surface area contributed by atoms with Gasteiger partial charge in [-0.2, -0.15) is 0 Å². The van der Waals surface area contributed by atoms with Crippen molar-refractivity contribution in [1.82, 2.24) is 0 Å². The van der Waals surface area contributed by atoms with Crippen LogP contribution in [0.5, 0.6) is 5.75 Å². The van der Waals surface area contributed by atoms with E-state index in [0.717, 1.165) is 17.0 Å². The van der Waals surface area contributed by atoms with Crippen LogP contribution < -0.4 is 4.74 Å². The van der Waals surface area contributed by atoms with Gasteiger partial charge in [-0.1, -0.05) is 48.8 Å². The fourth-order valence-electron chi connectivity index (χ4n) is 2.53. The molecule has 0 radical (unpaired) electrons. The first-order valence-electron chi connectivity index (χ1n) is 6.71. The predicted octanol–water partition coefficient (Wildman–Crippen LogP) is 4.88. The van der Waals surface area contributed by atoms with Gasteiger partial charge < -0.3 is 4.74 Å². The highest BCUT2D eigenvalue weighted by Crippen LogP contribution is 2.45. The van der Waals surface area contributed by atoms with Gasteiger partial charge in [0, 0.05) is 5.33 Å². The molecule has 0 heterocycles. The first-order chi connectivity index (χ1) is 8.47. The lowest BCUT2D eigenvalue weighted by atomic mass is 9.83. The highest BCUT2D eigenvalue weighted by molar-refractivity contribution is 9.09. The van der Waals surface area contributed by atoms with Gasteiger partial charge >= 0.3 is 0 Å². The van der Waals surface area contributed by atoms with Crippen LogP contribution in [0.1, 0.15) is 50.7 Å². The van der Waals surface area contributed by atoms with Crippen LogP contribution in [0.3, 0.4) is 0 Å². The van der Waals surface area contributed by atoms with Gasteiger partial charge in [-0.3, -0.25) is 0 Å². The Kier molecular flexibility index (Phi) is 4.05. The van der Waals surface area contributed by atoms with Crippen LogP contribution >= 0.6 is 15.9 Å². The Morgan fingerprint density at radius 1 is 1.33 bits per heavy atom. The van der Waals surface area contributed by atoms with Crippen molar-refractivity contribution in [2.75, 3.05) is 12.4 Å². The summed E-state index contributed by atoms with van der Waals surface area (Å²) in [5, 5.41) is 1.06. The number of halogens is 1. The van der Waals surface area contributed by atoms with E-state index in [2.05, 4.69) is 54.9 Å². The summed E-state index contributed by atoms with van der Waals surface area (Å²) in [6.45, 7) is 6.73. The zero-order chi connectivity index (χ0) is 13.3. The minimum Gasteiger partial charge on any atom is -0.496 e. The van der Waals surface area contributed by atoms with E-state index in [0.29, 0.717) is 5.92 Å². The number of rotatable bonds is 4. The molecule has 1 aromatic rings. The number of methoxy groups -OCH3 is 1. The molecule has 100 valence electrons. The van der Waals surface area contributed by atoms with Gasteiger partial charge in [0.1, 0.15) is 5.75 Å². The van der Waals surface area contributed by atoms with E-state index in [1.165, 1.54) is 24.0 Å². The molecular weight excluding hydrogens is 288 g/mol. The fraction of sp³-hybridized carbons (Fsp3) is 0.625. The van der Waals surface area contributed by atoms with Crippen LogP contribution in [0.4, 0.5) is 0 Å². The summed E-state index contributed by atoms with van der Waals surface area (Å²) in [6.07, 6.45) is 2.76. The smallest absolute Gasteiger partial charge is 0.122 e. The molecule has 1 fully saturated rings. The summed E-state index contributed by atoms with van der Waals surface area (Å²) >= 11 is 3.67. The summed E-state index contributed by atoms with van der Waals surface area (Å²) in [5.41, 5.74) is 2.90. The summed E-state index contributed by atoms with van der Waals surface area (Å²) in [4.78, 5) is 0. The molecule has 1 unspecified atom stereocenters. The molecule has 1 saturated carbocycles. The second-order valence-corrected chi connectivity index (χ2v) is 6.96. The second-order valence-electron chi connectivity index (χ2n) is 6.31. The van der Waals surface area contributed by atoms with Gasteiger partial charge in [0.15, 0.2) is 0 Å². The first-order valence-corrected chi connectivity index (χ1v) is 7.84. The van der Waals surface area contributed by atoms with Crippen LogP contribution in [0.15, 0.2) is 18.2 Å². The minimum atomic E-state index is 0.127. The largest absolute Gasteiger partial charge is 0.496 e. The lowest BCUT2D eigenvalue weighted by molar-refractivity contribution is 0.397. The number of ether oxygens (including phenoxy) is 1. The summed E-state index contributed by atoms with van der Waals surface area (Å²) in [5.74, 6) is 2.55. The van der Waals surface area contributed by atoms with E-state index in [1.54, 1.807) is 7.11 Å². The number of hydrogen-bond acceptors (Lipinski definition) is 1. The number of benzene rings is 1. The van der Waals surface area contributed by atoms with E-state index in [1.807, 2.05) is 0 Å². The maximum atomic E-state index is 5.50. The molecule has 1 aromatic carbocycles. The Morgan fingerprint density at radius 3 is 2.44 bits per heavy atom. The topological polar surface area (TPSA) is 9.23 Å². The Labute approximate surface area is 119 Å². The molecule has 0 bridgehead atoms. The van der Waals surface area contributed by atoms with Crippen molar-refractivity contribution < 1.29 is 4.74 Å². The van der Waals surface area contributed by atoms with Crippen molar-refractivity contribution in [2.24, 2.45) is 5.92 Å². The maximum Gasteiger partial charge on any atom is 0.122 e. The van der Waals surface area contributed by atoms with Crippen molar-refractivity contribution in [3.8, 4) is 5.75 Å². The van der Waals surface area contributed by atoms with Gasteiger partial charge in [0.25, 0.3) is 0 Å². The van der Waals surface area contributed by atoms with Crippen molar-refractivity contribution in [1.29, 1.82) is 0 Å². The Morgan fingerprint density at radius 2 is 2.00 bits per heavy atom. The lowest BCUT2D eigenvalue weighted by Gasteiger charge is -2.24. The van der Waals surface area contributed by atoms with E-state index in [-0.39, 0.29) is 5.41 Å². The van der Waals surface area contributed by atoms with Crippen LogP contribution in [-0.4, -0.2) is 12.4 Å². The van der Waals surface area contributed by atoms with Crippen molar-refractivity contribution in [2.45, 2.75) is 44.9 Å². The number of alkyl halides is 1. The van der Waals surface area contributed by atoms with Gasteiger partial charge in [-0.25, -0.2) is 0 Å². The highest BCUT2D eigenvalue weighted by Gasteiger charge is 2.32. The fourth-order valence-corrected chi connectivity index (χ4v) is 3.43. The molecule has 0 aliphatic heterocycles. The molecule has 0 amide bonds. The van der Waals surface area contributed by atoms with Gasteiger partial charge in [-0.15, -0.1) is 0 Å². The van der Waals surface area contributed by atoms with Gasteiger partial charge in [-0.05, 0) is 47.3 Å². The monoisotopic (exact) mass is 310 g/mol. The van der Waals surface area contributed by atoms with Crippen molar-refractivity contribution in [3.63, 3.8) is 0 Å². The molecule has 2 rings (SSSR count). The summed E-state index contributed by atoms with van der Waals surface area (Å²) in [7, 11) is 1.76. The molecule has 1 aliphatic carbocycles. The normalized spacial score (nSPS) is 17.6. The highest BCUT2D eigenvalue weighted by atomic mass is 79.9. The van der Waals surface area contributed by atoms with E-state index >= 15 is 0 Å². The lowest BCUT2D eigenvalue weighted by Crippen LogP contribution is -2.14. The summed E-state index contributed by atoms with van der Waals surface area (Å²) in [6, 6.07) is 6.72. The third kappa shape index (κ3) is 2.90. The van der Waals surface area contributed by atoms with Crippen LogP contribution in [-0.2, 0) is 5.41 Å². The zero-order valence-corrected chi connectivity index (χ0v) is 13.4. The third-order valence-electron chi connectivity index (χ3n) is 3.82. The molecule has 18 heavy (non-hydrogen) atoms. The van der Waals surface area contributed by atoms with E-state index < -0.39 is 0 Å². The quantitative estimate of drug-likeness (QED) is 0.720. The van der Waals surface area contributed by atoms with Gasteiger partial charge in [0.2, 0.25) is 0 Å². The van der Waals surface area contributed by atoms with Crippen molar-refractivity contribution >= 4 is 15.9 Å². The zero-order valence-electron chi connectivity index (χ0n) is 11.8. The molecule has 0 N–H and O–H groups in total. The molecular formula is C16H23BrO. The standard InChI is InChI=1S/C16H23BrO/c1-16(2,3)14-9-12(7-8-15(14)18-4)13(10-17)11-5-6-11/h7-9,11,13H,5-6,10H2,1-4H3. The molecule has 0 aromatic heterocycles. The molecule has 1 aliphatic rings. The Balaban J connectivity index is 2.38. The first kappa shape index (κ1) is 13.9. The van der Waals surface area contributed by atoms with E-state index in [9.17, 15) is 0 Å². The Bertz CT molecular complexity index is 416.